The van der Waals surface area contributed by atoms with Crippen molar-refractivity contribution in [3.05, 3.63) is 71.4 Å². The molecule has 0 saturated heterocycles. The molecule has 0 radical (unpaired) electrons. The molecule has 0 aliphatic carbocycles. The fraction of sp³-hybridized carbons (Fsp3) is 0.100. The maximum absolute atomic E-state index is 5.86. The SMILES string of the molecule is Cc1ccc(Nc2nc(N)nc(CSc3nc(-c4ccccc4)cs3)n2)cc1. The Morgan fingerprint density at radius 2 is 1.75 bits per heavy atom. The average Bonchev–Trinajstić information content (AvgIpc) is 3.18. The van der Waals surface area contributed by atoms with Gasteiger partial charge in [0.1, 0.15) is 5.82 Å². The molecule has 2 heterocycles. The second-order valence-electron chi connectivity index (χ2n) is 6.08. The van der Waals surface area contributed by atoms with E-state index in [1.807, 2.05) is 49.4 Å². The van der Waals surface area contributed by atoms with Crippen molar-refractivity contribution >= 4 is 40.7 Å². The van der Waals surface area contributed by atoms with Gasteiger partial charge in [0.15, 0.2) is 4.34 Å². The number of hydrogen-bond donors (Lipinski definition) is 2. The monoisotopic (exact) mass is 406 g/mol. The molecule has 140 valence electrons. The van der Waals surface area contributed by atoms with E-state index < -0.39 is 0 Å². The Morgan fingerprint density at radius 1 is 0.964 bits per heavy atom. The van der Waals surface area contributed by atoms with Crippen molar-refractivity contribution in [1.82, 2.24) is 19.9 Å². The number of benzene rings is 2. The first-order chi connectivity index (χ1) is 13.7. The molecule has 4 aromatic rings. The Bertz CT molecular complexity index is 1060. The molecular weight excluding hydrogens is 388 g/mol. The van der Waals surface area contributed by atoms with Crippen LogP contribution in [0, 0.1) is 6.92 Å². The van der Waals surface area contributed by atoms with Crippen molar-refractivity contribution < 1.29 is 0 Å². The van der Waals surface area contributed by atoms with Gasteiger partial charge in [0.25, 0.3) is 0 Å². The number of aryl methyl sites for hydroxylation is 1. The summed E-state index contributed by atoms with van der Waals surface area (Å²) in [6, 6.07) is 18.1. The van der Waals surface area contributed by atoms with E-state index in [4.69, 9.17) is 5.73 Å². The Labute approximate surface area is 171 Å². The zero-order valence-electron chi connectivity index (χ0n) is 15.2. The van der Waals surface area contributed by atoms with Crippen LogP contribution in [0.2, 0.25) is 0 Å². The number of hydrogen-bond acceptors (Lipinski definition) is 8. The summed E-state index contributed by atoms with van der Waals surface area (Å²) in [4.78, 5) is 17.6. The third-order valence-corrected chi connectivity index (χ3v) is 5.90. The van der Waals surface area contributed by atoms with E-state index in [0.29, 0.717) is 17.5 Å². The third-order valence-electron chi connectivity index (χ3n) is 3.88. The molecule has 2 aromatic heterocycles. The molecule has 0 aliphatic heterocycles. The highest BCUT2D eigenvalue weighted by Gasteiger charge is 2.09. The Hall–Kier alpha value is -2.97. The number of aromatic nitrogens is 4. The third kappa shape index (κ3) is 4.65. The fourth-order valence-corrected chi connectivity index (χ4v) is 4.21. The number of thioether (sulfide) groups is 1. The van der Waals surface area contributed by atoms with Gasteiger partial charge in [-0.05, 0) is 19.1 Å². The van der Waals surface area contributed by atoms with E-state index in [-0.39, 0.29) is 5.95 Å². The normalized spacial score (nSPS) is 10.8. The maximum atomic E-state index is 5.86. The number of rotatable bonds is 6. The van der Waals surface area contributed by atoms with Gasteiger partial charge < -0.3 is 11.1 Å². The predicted molar refractivity (Wildman–Crippen MR) is 116 cm³/mol. The van der Waals surface area contributed by atoms with E-state index in [9.17, 15) is 0 Å². The van der Waals surface area contributed by atoms with Crippen LogP contribution in [0.25, 0.3) is 11.3 Å². The van der Waals surface area contributed by atoms with Crippen LogP contribution in [0.15, 0.2) is 64.3 Å². The van der Waals surface area contributed by atoms with Crippen LogP contribution in [0.1, 0.15) is 11.4 Å². The summed E-state index contributed by atoms with van der Waals surface area (Å²) in [5, 5.41) is 5.23. The first-order valence-electron chi connectivity index (χ1n) is 8.63. The number of thiazole rings is 1. The molecule has 6 nitrogen and oxygen atoms in total. The largest absolute Gasteiger partial charge is 0.368 e. The lowest BCUT2D eigenvalue weighted by Crippen LogP contribution is -2.06. The highest BCUT2D eigenvalue weighted by Crippen LogP contribution is 2.30. The van der Waals surface area contributed by atoms with Crippen LogP contribution < -0.4 is 11.1 Å². The van der Waals surface area contributed by atoms with Gasteiger partial charge in [-0.1, -0.05) is 59.8 Å². The number of anilines is 3. The molecule has 0 fully saturated rings. The van der Waals surface area contributed by atoms with Gasteiger partial charge in [-0.3, -0.25) is 0 Å². The van der Waals surface area contributed by atoms with Crippen molar-refractivity contribution in [2.24, 2.45) is 0 Å². The minimum Gasteiger partial charge on any atom is -0.368 e. The molecule has 28 heavy (non-hydrogen) atoms. The summed E-state index contributed by atoms with van der Waals surface area (Å²) in [6.45, 7) is 2.04. The molecule has 0 spiro atoms. The van der Waals surface area contributed by atoms with Crippen molar-refractivity contribution in [3.8, 4) is 11.3 Å². The summed E-state index contributed by atoms with van der Waals surface area (Å²) >= 11 is 3.20. The number of nitrogens with two attached hydrogens (primary N) is 1. The summed E-state index contributed by atoms with van der Waals surface area (Å²) in [7, 11) is 0. The summed E-state index contributed by atoms with van der Waals surface area (Å²) in [5.41, 5.74) is 10.0. The molecule has 2 aromatic carbocycles. The van der Waals surface area contributed by atoms with Gasteiger partial charge in [0, 0.05) is 16.6 Å². The highest BCUT2D eigenvalue weighted by molar-refractivity contribution is 8.00. The number of nitrogens with zero attached hydrogens (tertiary/aromatic N) is 4. The van der Waals surface area contributed by atoms with E-state index in [1.54, 1.807) is 23.1 Å². The minimum atomic E-state index is 0.198. The Balaban J connectivity index is 1.44. The van der Waals surface area contributed by atoms with Crippen molar-refractivity contribution in [1.29, 1.82) is 0 Å². The van der Waals surface area contributed by atoms with Crippen molar-refractivity contribution in [3.63, 3.8) is 0 Å². The van der Waals surface area contributed by atoms with Gasteiger partial charge in [-0.25, -0.2) is 4.98 Å². The summed E-state index contributed by atoms with van der Waals surface area (Å²) in [6.07, 6.45) is 0. The Morgan fingerprint density at radius 3 is 2.54 bits per heavy atom. The lowest BCUT2D eigenvalue weighted by atomic mass is 10.2. The molecular formula is C20H18N6S2. The zero-order chi connectivity index (χ0) is 19.3. The van der Waals surface area contributed by atoms with E-state index in [0.717, 1.165) is 21.3 Å². The quantitative estimate of drug-likeness (QED) is 0.439. The van der Waals surface area contributed by atoms with Crippen LogP contribution in [-0.2, 0) is 5.75 Å². The van der Waals surface area contributed by atoms with E-state index >= 15 is 0 Å². The fourth-order valence-electron chi connectivity index (χ4n) is 2.52. The first kappa shape index (κ1) is 18.4. The van der Waals surface area contributed by atoms with Gasteiger partial charge in [0.05, 0.1) is 11.4 Å². The second kappa shape index (κ2) is 8.37. The van der Waals surface area contributed by atoms with Crippen LogP contribution >= 0.6 is 23.1 Å². The average molecular weight is 407 g/mol. The molecule has 4 rings (SSSR count). The van der Waals surface area contributed by atoms with Gasteiger partial charge in [0.2, 0.25) is 11.9 Å². The molecule has 3 N–H and O–H groups in total. The van der Waals surface area contributed by atoms with Crippen LogP contribution in [-0.4, -0.2) is 19.9 Å². The van der Waals surface area contributed by atoms with E-state index in [2.05, 4.69) is 42.8 Å². The summed E-state index contributed by atoms with van der Waals surface area (Å²) in [5.74, 6) is 1.82. The molecule has 0 aliphatic rings. The lowest BCUT2D eigenvalue weighted by Gasteiger charge is -2.07. The molecule has 0 unspecified atom stereocenters. The summed E-state index contributed by atoms with van der Waals surface area (Å²) < 4.78 is 0.964. The highest BCUT2D eigenvalue weighted by atomic mass is 32.2. The van der Waals surface area contributed by atoms with Crippen molar-refractivity contribution in [2.45, 2.75) is 17.0 Å². The maximum Gasteiger partial charge on any atom is 0.232 e. The smallest absolute Gasteiger partial charge is 0.232 e. The number of nitrogens with one attached hydrogen (secondary N) is 1. The topological polar surface area (TPSA) is 89.6 Å². The minimum absolute atomic E-state index is 0.198. The Kier molecular flexibility index (Phi) is 5.50. The van der Waals surface area contributed by atoms with E-state index in [1.165, 1.54) is 5.56 Å². The van der Waals surface area contributed by atoms with Crippen molar-refractivity contribution in [2.75, 3.05) is 11.1 Å². The second-order valence-corrected chi connectivity index (χ2v) is 8.16. The first-order valence-corrected chi connectivity index (χ1v) is 10.5. The lowest BCUT2D eigenvalue weighted by molar-refractivity contribution is 0.981. The van der Waals surface area contributed by atoms with Crippen LogP contribution in [0.3, 0.4) is 0 Å². The molecule has 8 heteroatoms. The zero-order valence-corrected chi connectivity index (χ0v) is 16.8. The van der Waals surface area contributed by atoms with Gasteiger partial charge >= 0.3 is 0 Å². The van der Waals surface area contributed by atoms with Gasteiger partial charge in [-0.15, -0.1) is 11.3 Å². The van der Waals surface area contributed by atoms with Crippen LogP contribution in [0.5, 0.6) is 0 Å². The molecule has 0 amide bonds. The number of nitrogen functional groups attached to an aromatic ring is 1. The molecule has 0 saturated carbocycles. The van der Waals surface area contributed by atoms with Crippen LogP contribution in [0.4, 0.5) is 17.6 Å². The van der Waals surface area contributed by atoms with Gasteiger partial charge in [-0.2, -0.15) is 15.0 Å². The molecule has 0 atom stereocenters. The standard InChI is InChI=1S/C20H18N6S2/c1-13-7-9-15(10-8-13)22-19-25-17(24-18(21)26-19)12-28-20-23-16(11-27-20)14-5-3-2-4-6-14/h2-11H,12H2,1H3,(H3,21,22,24,25,26). The molecule has 0 bridgehead atoms. The predicted octanol–water partition coefficient (Wildman–Crippen LogP) is 4.92.